The minimum absolute atomic E-state index is 0.576. The average Bonchev–Trinajstić information content (AvgIpc) is 2.19. The van der Waals surface area contributed by atoms with E-state index in [0.717, 1.165) is 12.5 Å². The first-order chi connectivity index (χ1) is 6.77. The van der Waals surface area contributed by atoms with Gasteiger partial charge in [0.1, 0.15) is 0 Å². The zero-order chi connectivity index (χ0) is 9.97. The van der Waals surface area contributed by atoms with Gasteiger partial charge in [-0.15, -0.1) is 0 Å². The molecule has 1 aliphatic rings. The molecule has 1 aliphatic carbocycles. The molecular weight excluding hydrogens is 176 g/mol. The van der Waals surface area contributed by atoms with E-state index in [1.54, 1.807) is 6.20 Å². The first-order valence-corrected chi connectivity index (χ1v) is 5.10. The van der Waals surface area contributed by atoms with Crippen molar-refractivity contribution in [2.24, 2.45) is 11.8 Å². The number of pyridine rings is 1. The number of nitrogens with zero attached hydrogens (tertiary/aromatic N) is 1. The molecule has 76 valence electrons. The van der Waals surface area contributed by atoms with Crippen molar-refractivity contribution in [1.82, 2.24) is 4.98 Å². The summed E-state index contributed by atoms with van der Waals surface area (Å²) in [6.45, 7) is 3.02. The van der Waals surface area contributed by atoms with Crippen LogP contribution in [0.4, 0.5) is 5.69 Å². The van der Waals surface area contributed by atoms with Crippen LogP contribution in [0.15, 0.2) is 18.3 Å². The summed E-state index contributed by atoms with van der Waals surface area (Å²) in [6.07, 6.45) is 4.30. The number of aromatic nitrogens is 1. The van der Waals surface area contributed by atoms with E-state index in [2.05, 4.69) is 11.9 Å². The van der Waals surface area contributed by atoms with E-state index in [1.165, 1.54) is 12.8 Å². The molecule has 2 N–H and O–H groups in total. The monoisotopic (exact) mass is 192 g/mol. The molecule has 2 rings (SSSR count). The minimum Gasteiger partial charge on any atom is -0.476 e. The van der Waals surface area contributed by atoms with Crippen LogP contribution in [0.25, 0.3) is 0 Å². The van der Waals surface area contributed by atoms with E-state index >= 15 is 0 Å². The lowest BCUT2D eigenvalue weighted by Gasteiger charge is -2.33. The molecule has 3 nitrogen and oxygen atoms in total. The van der Waals surface area contributed by atoms with Crippen molar-refractivity contribution in [3.63, 3.8) is 0 Å². The standard InChI is InChI=1S/C11H16N2O/c1-8-4-5-9(8)7-14-11-10(12)3-2-6-13-11/h2-3,6,8-9H,4-5,7,12H2,1H3/t8-,9-/m1/s1. The van der Waals surface area contributed by atoms with Crippen LogP contribution in [-0.2, 0) is 0 Å². The topological polar surface area (TPSA) is 48.1 Å². The van der Waals surface area contributed by atoms with Crippen LogP contribution in [0, 0.1) is 11.8 Å². The lowest BCUT2D eigenvalue weighted by atomic mass is 9.75. The number of nitrogens with two attached hydrogens (primary N) is 1. The Kier molecular flexibility index (Phi) is 2.57. The molecule has 0 bridgehead atoms. The normalized spacial score (nSPS) is 25.5. The molecule has 0 radical (unpaired) electrons. The van der Waals surface area contributed by atoms with Gasteiger partial charge in [-0.05, 0) is 36.8 Å². The summed E-state index contributed by atoms with van der Waals surface area (Å²) >= 11 is 0. The maximum absolute atomic E-state index is 5.71. The molecule has 0 spiro atoms. The number of hydrogen-bond donors (Lipinski definition) is 1. The Morgan fingerprint density at radius 3 is 3.00 bits per heavy atom. The molecule has 0 saturated heterocycles. The maximum Gasteiger partial charge on any atom is 0.237 e. The van der Waals surface area contributed by atoms with E-state index < -0.39 is 0 Å². The molecule has 0 unspecified atom stereocenters. The summed E-state index contributed by atoms with van der Waals surface area (Å²) in [6, 6.07) is 3.63. The van der Waals surface area contributed by atoms with E-state index in [4.69, 9.17) is 10.5 Å². The van der Waals surface area contributed by atoms with Gasteiger partial charge >= 0.3 is 0 Å². The molecule has 2 atom stereocenters. The fourth-order valence-electron chi connectivity index (χ4n) is 1.69. The second-order valence-corrected chi connectivity index (χ2v) is 4.02. The SMILES string of the molecule is C[C@@H]1CC[C@@H]1COc1ncccc1N. The fourth-order valence-corrected chi connectivity index (χ4v) is 1.69. The number of anilines is 1. The summed E-state index contributed by atoms with van der Waals surface area (Å²) in [5, 5.41) is 0. The summed E-state index contributed by atoms with van der Waals surface area (Å²) < 4.78 is 5.58. The first kappa shape index (κ1) is 9.31. The van der Waals surface area contributed by atoms with E-state index in [0.29, 0.717) is 17.5 Å². The van der Waals surface area contributed by atoms with Crippen LogP contribution in [0.1, 0.15) is 19.8 Å². The maximum atomic E-state index is 5.71. The largest absolute Gasteiger partial charge is 0.476 e. The molecule has 0 amide bonds. The molecule has 1 aromatic rings. The zero-order valence-corrected chi connectivity index (χ0v) is 8.44. The van der Waals surface area contributed by atoms with Crippen molar-refractivity contribution in [3.05, 3.63) is 18.3 Å². The lowest BCUT2D eigenvalue weighted by molar-refractivity contribution is 0.114. The van der Waals surface area contributed by atoms with E-state index in [1.807, 2.05) is 12.1 Å². The van der Waals surface area contributed by atoms with Crippen molar-refractivity contribution in [2.45, 2.75) is 19.8 Å². The van der Waals surface area contributed by atoms with Gasteiger partial charge in [-0.25, -0.2) is 4.98 Å². The van der Waals surface area contributed by atoms with Gasteiger partial charge in [0.15, 0.2) is 0 Å². The Hall–Kier alpha value is -1.25. The fraction of sp³-hybridized carbons (Fsp3) is 0.545. The molecule has 0 aromatic carbocycles. The van der Waals surface area contributed by atoms with Gasteiger partial charge in [-0.3, -0.25) is 0 Å². The third kappa shape index (κ3) is 1.81. The van der Waals surface area contributed by atoms with Gasteiger partial charge in [0.05, 0.1) is 12.3 Å². The van der Waals surface area contributed by atoms with Crippen LogP contribution < -0.4 is 10.5 Å². The summed E-state index contributed by atoms with van der Waals surface area (Å²) in [7, 11) is 0. The van der Waals surface area contributed by atoms with Crippen molar-refractivity contribution >= 4 is 5.69 Å². The molecule has 14 heavy (non-hydrogen) atoms. The molecule has 3 heteroatoms. The second-order valence-electron chi connectivity index (χ2n) is 4.02. The highest BCUT2D eigenvalue weighted by atomic mass is 16.5. The van der Waals surface area contributed by atoms with Crippen molar-refractivity contribution in [2.75, 3.05) is 12.3 Å². The molecule has 1 heterocycles. The molecule has 1 saturated carbocycles. The van der Waals surface area contributed by atoms with E-state index in [-0.39, 0.29) is 0 Å². The van der Waals surface area contributed by atoms with Crippen molar-refractivity contribution < 1.29 is 4.74 Å². The number of ether oxygens (including phenoxy) is 1. The average molecular weight is 192 g/mol. The molecule has 0 aliphatic heterocycles. The van der Waals surface area contributed by atoms with Gasteiger partial charge in [-0.1, -0.05) is 6.92 Å². The predicted octanol–water partition coefficient (Wildman–Crippen LogP) is 2.09. The highest BCUT2D eigenvalue weighted by Crippen LogP contribution is 2.34. The Morgan fingerprint density at radius 1 is 1.57 bits per heavy atom. The summed E-state index contributed by atoms with van der Waals surface area (Å²) in [5.41, 5.74) is 6.34. The Balaban J connectivity index is 1.88. The van der Waals surface area contributed by atoms with Crippen LogP contribution in [0.3, 0.4) is 0 Å². The quantitative estimate of drug-likeness (QED) is 0.797. The van der Waals surface area contributed by atoms with Crippen LogP contribution >= 0.6 is 0 Å². The minimum atomic E-state index is 0.576. The first-order valence-electron chi connectivity index (χ1n) is 5.10. The van der Waals surface area contributed by atoms with Gasteiger partial charge in [0, 0.05) is 6.20 Å². The summed E-state index contributed by atoms with van der Waals surface area (Å²) in [4.78, 5) is 4.09. The predicted molar refractivity (Wildman–Crippen MR) is 56.0 cm³/mol. The second kappa shape index (κ2) is 3.86. The number of hydrogen-bond acceptors (Lipinski definition) is 3. The van der Waals surface area contributed by atoms with Gasteiger partial charge in [-0.2, -0.15) is 0 Å². The Bertz CT molecular complexity index is 314. The summed E-state index contributed by atoms with van der Waals surface area (Å²) in [5.74, 6) is 2.06. The molecule has 1 aromatic heterocycles. The third-order valence-electron chi connectivity index (χ3n) is 3.03. The van der Waals surface area contributed by atoms with Gasteiger partial charge < -0.3 is 10.5 Å². The number of rotatable bonds is 3. The molecular formula is C11H16N2O. The third-order valence-corrected chi connectivity index (χ3v) is 3.03. The van der Waals surface area contributed by atoms with Crippen LogP contribution in [-0.4, -0.2) is 11.6 Å². The van der Waals surface area contributed by atoms with Crippen LogP contribution in [0.2, 0.25) is 0 Å². The number of nitrogen functional groups attached to an aromatic ring is 1. The Morgan fingerprint density at radius 2 is 2.43 bits per heavy atom. The van der Waals surface area contributed by atoms with E-state index in [9.17, 15) is 0 Å². The van der Waals surface area contributed by atoms with Crippen LogP contribution in [0.5, 0.6) is 5.88 Å². The highest BCUT2D eigenvalue weighted by molar-refractivity contribution is 5.46. The van der Waals surface area contributed by atoms with Gasteiger partial charge in [0.2, 0.25) is 5.88 Å². The van der Waals surface area contributed by atoms with Gasteiger partial charge in [0.25, 0.3) is 0 Å². The Labute approximate surface area is 84.3 Å². The van der Waals surface area contributed by atoms with Crippen molar-refractivity contribution in [1.29, 1.82) is 0 Å². The zero-order valence-electron chi connectivity index (χ0n) is 8.44. The lowest BCUT2D eigenvalue weighted by Crippen LogP contribution is -2.28. The van der Waals surface area contributed by atoms with Crippen molar-refractivity contribution in [3.8, 4) is 5.88 Å². The smallest absolute Gasteiger partial charge is 0.237 e. The molecule has 1 fully saturated rings. The highest BCUT2D eigenvalue weighted by Gasteiger charge is 2.27.